The van der Waals surface area contributed by atoms with Crippen molar-refractivity contribution in [3.05, 3.63) is 88.3 Å². The van der Waals surface area contributed by atoms with E-state index < -0.39 is 17.1 Å². The number of pyridine rings is 1. The van der Waals surface area contributed by atoms with E-state index in [1.54, 1.807) is 4.57 Å². The molecule has 0 aliphatic carbocycles. The van der Waals surface area contributed by atoms with Crippen LogP contribution in [0.3, 0.4) is 0 Å². The number of amides is 1. The lowest BCUT2D eigenvalue weighted by Gasteiger charge is -2.13. The Bertz CT molecular complexity index is 962. The minimum Gasteiger partial charge on any atom is -0.503 e. The Kier molecular flexibility index (Phi) is 4.66. The molecule has 126 valence electrons. The first-order chi connectivity index (χ1) is 12.1. The van der Waals surface area contributed by atoms with Gasteiger partial charge in [-0.15, -0.1) is 0 Å². The van der Waals surface area contributed by atoms with Gasteiger partial charge < -0.3 is 15.0 Å². The van der Waals surface area contributed by atoms with Crippen molar-refractivity contribution in [1.29, 1.82) is 0 Å². The van der Waals surface area contributed by atoms with Gasteiger partial charge in [0.2, 0.25) is 5.43 Å². The lowest BCUT2D eigenvalue weighted by Crippen LogP contribution is -2.26. The van der Waals surface area contributed by atoms with Gasteiger partial charge in [-0.25, -0.2) is 0 Å². The number of carbonyl (C=O) groups excluding carboxylic acids is 1. The zero-order chi connectivity index (χ0) is 17.8. The van der Waals surface area contributed by atoms with Crippen LogP contribution >= 0.6 is 0 Å². The number of benzene rings is 2. The SMILES string of the molecule is CNC(=O)c1cn(Cc2ccccc2-c2ccccc2)cc(O)c1=O. The Morgan fingerprint density at radius 3 is 2.44 bits per heavy atom. The second kappa shape index (κ2) is 7.05. The molecular weight excluding hydrogens is 316 g/mol. The first kappa shape index (κ1) is 16.5. The van der Waals surface area contributed by atoms with Crippen LogP contribution in [0.5, 0.6) is 5.75 Å². The number of carbonyl (C=O) groups is 1. The zero-order valence-corrected chi connectivity index (χ0v) is 13.8. The van der Waals surface area contributed by atoms with E-state index in [1.165, 1.54) is 19.4 Å². The summed E-state index contributed by atoms with van der Waals surface area (Å²) in [6.07, 6.45) is 2.80. The molecule has 0 aliphatic heterocycles. The molecule has 2 aromatic carbocycles. The summed E-state index contributed by atoms with van der Waals surface area (Å²) in [5.41, 5.74) is 2.39. The first-order valence-corrected chi connectivity index (χ1v) is 7.88. The van der Waals surface area contributed by atoms with Gasteiger partial charge in [0.05, 0.1) is 6.20 Å². The van der Waals surface area contributed by atoms with Crippen LogP contribution in [0, 0.1) is 0 Å². The second-order valence-electron chi connectivity index (χ2n) is 5.66. The van der Waals surface area contributed by atoms with Crippen molar-refractivity contribution in [3.63, 3.8) is 0 Å². The Hall–Kier alpha value is -3.34. The highest BCUT2D eigenvalue weighted by molar-refractivity contribution is 5.93. The molecule has 0 bridgehead atoms. The largest absolute Gasteiger partial charge is 0.503 e. The molecule has 3 aromatic rings. The number of nitrogens with one attached hydrogen (secondary N) is 1. The Morgan fingerprint density at radius 1 is 1.04 bits per heavy atom. The standard InChI is InChI=1S/C20H18N2O3/c1-21-20(25)17-12-22(13-18(23)19(17)24)11-15-9-5-6-10-16(15)14-7-3-2-4-8-14/h2-10,12-13,23H,11H2,1H3,(H,21,25). The number of hydrogen-bond acceptors (Lipinski definition) is 3. The summed E-state index contributed by atoms with van der Waals surface area (Å²) in [5, 5.41) is 12.3. The molecule has 25 heavy (non-hydrogen) atoms. The summed E-state index contributed by atoms with van der Waals surface area (Å²) < 4.78 is 1.64. The highest BCUT2D eigenvalue weighted by Gasteiger charge is 2.14. The van der Waals surface area contributed by atoms with Gasteiger partial charge in [-0.1, -0.05) is 54.6 Å². The zero-order valence-electron chi connectivity index (χ0n) is 13.8. The minimum absolute atomic E-state index is 0.0836. The lowest BCUT2D eigenvalue weighted by atomic mass is 9.99. The van der Waals surface area contributed by atoms with Gasteiger partial charge in [-0.2, -0.15) is 0 Å². The van der Waals surface area contributed by atoms with Crippen LogP contribution in [0.15, 0.2) is 71.8 Å². The third-order valence-corrected chi connectivity index (χ3v) is 3.99. The third kappa shape index (κ3) is 3.45. The van der Waals surface area contributed by atoms with E-state index in [9.17, 15) is 14.7 Å². The summed E-state index contributed by atoms with van der Waals surface area (Å²) in [7, 11) is 1.45. The molecule has 0 aliphatic rings. The van der Waals surface area contributed by atoms with Crippen molar-refractivity contribution in [3.8, 4) is 16.9 Å². The fourth-order valence-corrected chi connectivity index (χ4v) is 2.76. The van der Waals surface area contributed by atoms with E-state index in [-0.39, 0.29) is 5.56 Å². The van der Waals surface area contributed by atoms with Gasteiger partial charge in [0.1, 0.15) is 5.56 Å². The van der Waals surface area contributed by atoms with Crippen molar-refractivity contribution in [1.82, 2.24) is 9.88 Å². The van der Waals surface area contributed by atoms with Crippen molar-refractivity contribution in [2.45, 2.75) is 6.54 Å². The van der Waals surface area contributed by atoms with E-state index in [1.807, 2.05) is 54.6 Å². The molecule has 1 amide bonds. The minimum atomic E-state index is -0.674. The molecule has 3 rings (SSSR count). The highest BCUT2D eigenvalue weighted by atomic mass is 16.3. The average molecular weight is 334 g/mol. The maximum atomic E-state index is 11.9. The smallest absolute Gasteiger partial charge is 0.256 e. The molecule has 0 saturated carbocycles. The van der Waals surface area contributed by atoms with Gasteiger partial charge >= 0.3 is 0 Å². The number of hydrogen-bond donors (Lipinski definition) is 2. The molecule has 0 spiro atoms. The number of aromatic nitrogens is 1. The summed E-state index contributed by atoms with van der Waals surface area (Å²) in [5.74, 6) is -0.968. The Balaban J connectivity index is 2.03. The van der Waals surface area contributed by atoms with E-state index in [2.05, 4.69) is 5.32 Å². The van der Waals surface area contributed by atoms with Gasteiger partial charge in [0, 0.05) is 19.8 Å². The molecule has 0 unspecified atom stereocenters. The maximum absolute atomic E-state index is 11.9. The lowest BCUT2D eigenvalue weighted by molar-refractivity contribution is 0.0960. The quantitative estimate of drug-likeness (QED) is 0.770. The van der Waals surface area contributed by atoms with Crippen molar-refractivity contribution in [2.75, 3.05) is 7.05 Å². The van der Waals surface area contributed by atoms with Crippen LogP contribution in [0.25, 0.3) is 11.1 Å². The molecule has 0 fully saturated rings. The molecule has 1 aromatic heterocycles. The van der Waals surface area contributed by atoms with Crippen LogP contribution < -0.4 is 10.7 Å². The van der Waals surface area contributed by atoms with Gasteiger partial charge in [0.25, 0.3) is 5.91 Å². The van der Waals surface area contributed by atoms with E-state index in [4.69, 9.17) is 0 Å². The predicted octanol–water partition coefficient (Wildman–Crippen LogP) is 2.63. The molecule has 0 atom stereocenters. The van der Waals surface area contributed by atoms with Gasteiger partial charge in [0.15, 0.2) is 5.75 Å². The van der Waals surface area contributed by atoms with Crippen LogP contribution in [-0.2, 0) is 6.54 Å². The number of aromatic hydroxyl groups is 1. The molecule has 5 nitrogen and oxygen atoms in total. The van der Waals surface area contributed by atoms with Gasteiger partial charge in [-0.3, -0.25) is 9.59 Å². The van der Waals surface area contributed by atoms with E-state index >= 15 is 0 Å². The van der Waals surface area contributed by atoms with E-state index in [0.717, 1.165) is 16.7 Å². The molecule has 2 N–H and O–H groups in total. The molecule has 5 heteroatoms. The predicted molar refractivity (Wildman–Crippen MR) is 96.7 cm³/mol. The number of nitrogens with zero attached hydrogens (tertiary/aromatic N) is 1. The summed E-state index contributed by atoms with van der Waals surface area (Å²) >= 11 is 0. The molecular formula is C20H18N2O3. The van der Waals surface area contributed by atoms with Crippen molar-refractivity contribution >= 4 is 5.91 Å². The monoisotopic (exact) mass is 334 g/mol. The summed E-state index contributed by atoms with van der Waals surface area (Å²) in [6, 6.07) is 17.9. The molecule has 1 heterocycles. The summed E-state index contributed by atoms with van der Waals surface area (Å²) in [4.78, 5) is 23.8. The van der Waals surface area contributed by atoms with E-state index in [0.29, 0.717) is 6.54 Å². The first-order valence-electron chi connectivity index (χ1n) is 7.88. The molecule has 0 saturated heterocycles. The fourth-order valence-electron chi connectivity index (χ4n) is 2.76. The van der Waals surface area contributed by atoms with Crippen LogP contribution in [0.2, 0.25) is 0 Å². The normalized spacial score (nSPS) is 10.4. The maximum Gasteiger partial charge on any atom is 0.256 e. The van der Waals surface area contributed by atoms with Gasteiger partial charge in [-0.05, 0) is 16.7 Å². The molecule has 0 radical (unpaired) electrons. The van der Waals surface area contributed by atoms with Crippen molar-refractivity contribution < 1.29 is 9.90 Å². The third-order valence-electron chi connectivity index (χ3n) is 3.99. The average Bonchev–Trinajstić information content (AvgIpc) is 2.65. The van der Waals surface area contributed by atoms with Crippen molar-refractivity contribution in [2.24, 2.45) is 0 Å². The summed E-state index contributed by atoms with van der Waals surface area (Å²) in [6.45, 7) is 0.420. The Labute approximate surface area is 145 Å². The highest BCUT2D eigenvalue weighted by Crippen LogP contribution is 2.24. The fraction of sp³-hybridized carbons (Fsp3) is 0.100. The van der Waals surface area contributed by atoms with Crippen LogP contribution in [0.1, 0.15) is 15.9 Å². The van der Waals surface area contributed by atoms with Crippen LogP contribution in [0.4, 0.5) is 0 Å². The second-order valence-corrected chi connectivity index (χ2v) is 5.66. The Morgan fingerprint density at radius 2 is 1.72 bits per heavy atom. The topological polar surface area (TPSA) is 71.3 Å². The number of rotatable bonds is 4. The van der Waals surface area contributed by atoms with Crippen LogP contribution in [-0.4, -0.2) is 22.6 Å².